The molecule has 3 rings (SSSR count). The smallest absolute Gasteiger partial charge is 0.263 e. The molecule has 0 fully saturated rings. The Kier molecular flexibility index (Phi) is 3.92. The number of aromatic amines is 1. The van der Waals surface area contributed by atoms with Crippen molar-refractivity contribution in [1.29, 1.82) is 5.26 Å². The van der Waals surface area contributed by atoms with E-state index in [0.717, 1.165) is 21.7 Å². The molecule has 0 saturated heterocycles. The highest BCUT2D eigenvalue weighted by atomic mass is 32.1. The number of benzene rings is 1. The van der Waals surface area contributed by atoms with Crippen LogP contribution in [0.15, 0.2) is 35.1 Å². The Bertz CT molecular complexity index is 987. The molecule has 4 nitrogen and oxygen atoms in total. The Hall–Kier alpha value is -2.23. The molecule has 110 valence electrons. The molecule has 1 aromatic carbocycles. The highest BCUT2D eigenvalue weighted by molar-refractivity contribution is 7.71. The minimum Gasteiger partial charge on any atom is -0.323 e. The number of aryl methyl sites for hydroxylation is 1. The van der Waals surface area contributed by atoms with Gasteiger partial charge in [-0.05, 0) is 42.4 Å². The minimum absolute atomic E-state index is 0.0703. The standard InChI is InChI=1S/C16H13N3OS2/c1-2-12-7-13-14(22-12)18-16(21)19(15(13)20)9-11-5-3-10(8-17)4-6-11/h3-7H,2,9H2,1H3,(H,18,21). The zero-order chi connectivity index (χ0) is 15.7. The van der Waals surface area contributed by atoms with Gasteiger partial charge in [-0.3, -0.25) is 9.36 Å². The molecule has 0 saturated carbocycles. The fourth-order valence-corrected chi connectivity index (χ4v) is 3.58. The second kappa shape index (κ2) is 5.87. The zero-order valence-electron chi connectivity index (χ0n) is 11.9. The number of aromatic nitrogens is 2. The molecular formula is C16H13N3OS2. The lowest BCUT2D eigenvalue weighted by atomic mass is 10.1. The van der Waals surface area contributed by atoms with Gasteiger partial charge in [-0.2, -0.15) is 5.26 Å². The lowest BCUT2D eigenvalue weighted by Crippen LogP contribution is -2.22. The summed E-state index contributed by atoms with van der Waals surface area (Å²) in [5, 5.41) is 9.51. The van der Waals surface area contributed by atoms with Gasteiger partial charge >= 0.3 is 0 Å². The maximum Gasteiger partial charge on any atom is 0.263 e. The number of fused-ring (bicyclic) bond motifs is 1. The number of nitriles is 1. The molecular weight excluding hydrogens is 314 g/mol. The van der Waals surface area contributed by atoms with E-state index in [1.54, 1.807) is 28.0 Å². The lowest BCUT2D eigenvalue weighted by Gasteiger charge is -2.06. The van der Waals surface area contributed by atoms with Crippen molar-refractivity contribution < 1.29 is 0 Å². The van der Waals surface area contributed by atoms with Gasteiger partial charge in [0.1, 0.15) is 4.83 Å². The highest BCUT2D eigenvalue weighted by Gasteiger charge is 2.09. The third kappa shape index (κ3) is 2.61. The summed E-state index contributed by atoms with van der Waals surface area (Å²) in [6.07, 6.45) is 0.898. The number of H-pyrrole nitrogens is 1. The molecule has 3 aromatic rings. The normalized spacial score (nSPS) is 10.7. The minimum atomic E-state index is -0.0703. The second-order valence-corrected chi connectivity index (χ2v) is 6.46. The quantitative estimate of drug-likeness (QED) is 0.748. The van der Waals surface area contributed by atoms with Gasteiger partial charge in [0.2, 0.25) is 0 Å². The summed E-state index contributed by atoms with van der Waals surface area (Å²) in [6, 6.07) is 11.2. The number of rotatable bonds is 3. The van der Waals surface area contributed by atoms with E-state index in [2.05, 4.69) is 18.0 Å². The molecule has 0 atom stereocenters. The first-order chi connectivity index (χ1) is 10.6. The van der Waals surface area contributed by atoms with Crippen molar-refractivity contribution in [3.63, 3.8) is 0 Å². The van der Waals surface area contributed by atoms with Crippen LogP contribution in [0, 0.1) is 16.1 Å². The summed E-state index contributed by atoms with van der Waals surface area (Å²) >= 11 is 6.90. The van der Waals surface area contributed by atoms with Gasteiger partial charge in [-0.1, -0.05) is 19.1 Å². The topological polar surface area (TPSA) is 61.6 Å². The summed E-state index contributed by atoms with van der Waals surface area (Å²) in [7, 11) is 0. The van der Waals surface area contributed by atoms with Crippen LogP contribution in [0.1, 0.15) is 22.9 Å². The molecule has 0 aliphatic rings. The predicted octanol–water partition coefficient (Wildman–Crippen LogP) is 3.60. The van der Waals surface area contributed by atoms with Crippen molar-refractivity contribution in [3.8, 4) is 6.07 Å². The molecule has 0 radical (unpaired) electrons. The van der Waals surface area contributed by atoms with Crippen LogP contribution >= 0.6 is 23.6 Å². The molecule has 2 aromatic heterocycles. The fourth-order valence-electron chi connectivity index (χ4n) is 2.28. The number of nitrogens with zero attached hydrogens (tertiary/aromatic N) is 2. The van der Waals surface area contributed by atoms with Crippen LogP contribution in [0.3, 0.4) is 0 Å². The first kappa shape index (κ1) is 14.7. The summed E-state index contributed by atoms with van der Waals surface area (Å²) < 4.78 is 1.98. The van der Waals surface area contributed by atoms with E-state index in [4.69, 9.17) is 17.5 Å². The maximum absolute atomic E-state index is 12.6. The molecule has 0 unspecified atom stereocenters. The van der Waals surface area contributed by atoms with Gasteiger partial charge in [-0.15, -0.1) is 11.3 Å². The largest absolute Gasteiger partial charge is 0.323 e. The Morgan fingerprint density at radius 3 is 2.73 bits per heavy atom. The molecule has 22 heavy (non-hydrogen) atoms. The van der Waals surface area contributed by atoms with Gasteiger partial charge in [0.25, 0.3) is 5.56 Å². The second-order valence-electron chi connectivity index (χ2n) is 4.94. The van der Waals surface area contributed by atoms with Crippen LogP contribution in [0.4, 0.5) is 0 Å². The average molecular weight is 327 g/mol. The van der Waals surface area contributed by atoms with Gasteiger partial charge in [0.05, 0.1) is 23.6 Å². The van der Waals surface area contributed by atoms with E-state index in [-0.39, 0.29) is 5.56 Å². The molecule has 0 spiro atoms. The third-order valence-corrected chi connectivity index (χ3v) is 5.01. The summed E-state index contributed by atoms with van der Waals surface area (Å²) in [5.74, 6) is 0. The van der Waals surface area contributed by atoms with Crippen LogP contribution in [0.2, 0.25) is 0 Å². The molecule has 2 heterocycles. The van der Waals surface area contributed by atoms with Crippen molar-refractivity contribution in [2.45, 2.75) is 19.9 Å². The molecule has 1 N–H and O–H groups in total. The van der Waals surface area contributed by atoms with E-state index < -0.39 is 0 Å². The summed E-state index contributed by atoms with van der Waals surface area (Å²) in [5.41, 5.74) is 1.46. The monoisotopic (exact) mass is 327 g/mol. The fraction of sp³-hybridized carbons (Fsp3) is 0.188. The van der Waals surface area contributed by atoms with Crippen LogP contribution < -0.4 is 5.56 Å². The predicted molar refractivity (Wildman–Crippen MR) is 90.9 cm³/mol. The Labute approximate surface area is 136 Å². The summed E-state index contributed by atoms with van der Waals surface area (Å²) in [4.78, 5) is 17.8. The van der Waals surface area contributed by atoms with Crippen molar-refractivity contribution in [2.75, 3.05) is 0 Å². The van der Waals surface area contributed by atoms with Gasteiger partial charge in [0.15, 0.2) is 4.77 Å². The van der Waals surface area contributed by atoms with Gasteiger partial charge in [-0.25, -0.2) is 0 Å². The third-order valence-electron chi connectivity index (χ3n) is 3.50. The Balaban J connectivity index is 2.08. The average Bonchev–Trinajstić information content (AvgIpc) is 2.95. The first-order valence-electron chi connectivity index (χ1n) is 6.87. The Morgan fingerprint density at radius 1 is 1.36 bits per heavy atom. The van der Waals surface area contributed by atoms with Crippen LogP contribution in [-0.2, 0) is 13.0 Å². The number of thiophene rings is 1. The Morgan fingerprint density at radius 2 is 2.09 bits per heavy atom. The van der Waals surface area contributed by atoms with Gasteiger partial charge in [0, 0.05) is 4.88 Å². The first-order valence-corrected chi connectivity index (χ1v) is 8.09. The number of nitrogens with one attached hydrogen (secondary N) is 1. The van der Waals surface area contributed by atoms with Gasteiger partial charge < -0.3 is 4.98 Å². The summed E-state index contributed by atoms with van der Waals surface area (Å²) in [6.45, 7) is 2.46. The van der Waals surface area contributed by atoms with E-state index in [1.807, 2.05) is 18.2 Å². The van der Waals surface area contributed by atoms with Crippen molar-refractivity contribution in [2.24, 2.45) is 0 Å². The molecule has 0 amide bonds. The number of hydrogen-bond donors (Lipinski definition) is 1. The van der Waals surface area contributed by atoms with Crippen LogP contribution in [0.25, 0.3) is 10.2 Å². The zero-order valence-corrected chi connectivity index (χ0v) is 13.6. The van der Waals surface area contributed by atoms with E-state index in [9.17, 15) is 4.79 Å². The van der Waals surface area contributed by atoms with Crippen LogP contribution in [-0.4, -0.2) is 9.55 Å². The SMILES string of the molecule is CCc1cc2c(=O)n(Cc3ccc(C#N)cc3)c(=S)[nH]c2s1. The van der Waals surface area contributed by atoms with Crippen molar-refractivity contribution in [3.05, 3.63) is 61.5 Å². The van der Waals surface area contributed by atoms with Crippen LogP contribution in [0.5, 0.6) is 0 Å². The molecule has 6 heteroatoms. The highest BCUT2D eigenvalue weighted by Crippen LogP contribution is 2.21. The molecule has 0 bridgehead atoms. The lowest BCUT2D eigenvalue weighted by molar-refractivity contribution is 0.735. The molecule has 0 aliphatic heterocycles. The van der Waals surface area contributed by atoms with Crippen molar-refractivity contribution in [1.82, 2.24) is 9.55 Å². The van der Waals surface area contributed by atoms with E-state index in [0.29, 0.717) is 22.3 Å². The van der Waals surface area contributed by atoms with Crippen molar-refractivity contribution >= 4 is 33.8 Å². The molecule has 0 aliphatic carbocycles. The van der Waals surface area contributed by atoms with E-state index >= 15 is 0 Å². The number of hydrogen-bond acceptors (Lipinski definition) is 4. The van der Waals surface area contributed by atoms with E-state index in [1.165, 1.54) is 0 Å². The maximum atomic E-state index is 12.6.